The highest BCUT2D eigenvalue weighted by molar-refractivity contribution is 6.40. The number of ketones is 1. The maximum Gasteiger partial charge on any atom is 0.328 e. The smallest absolute Gasteiger partial charge is 0.295 e. The summed E-state index contributed by atoms with van der Waals surface area (Å²) < 4.78 is 3.21. The Kier molecular flexibility index (Phi) is 3.83. The number of nitrogens with one attached hydrogen (secondary N) is 1. The lowest BCUT2D eigenvalue weighted by Crippen LogP contribution is -2.19. The summed E-state index contributed by atoms with van der Waals surface area (Å²) in [6, 6.07) is 5.63. The van der Waals surface area contributed by atoms with Gasteiger partial charge in [-0.2, -0.15) is 5.10 Å². The number of anilines is 1. The van der Waals surface area contributed by atoms with Crippen molar-refractivity contribution in [1.29, 1.82) is 0 Å². The molecule has 116 valence electrons. The topological polar surface area (TPSA) is 68.4 Å². The lowest BCUT2D eigenvalue weighted by atomic mass is 10.1. The summed E-state index contributed by atoms with van der Waals surface area (Å²) in [6.07, 6.45) is 4.38. The van der Waals surface area contributed by atoms with E-state index >= 15 is 0 Å². The van der Waals surface area contributed by atoms with Gasteiger partial charge in [0.05, 0.1) is 16.7 Å². The van der Waals surface area contributed by atoms with Crippen molar-refractivity contribution in [2.24, 2.45) is 19.2 Å². The van der Waals surface area contributed by atoms with Crippen LogP contribution in [0.2, 0.25) is 0 Å². The Morgan fingerprint density at radius 1 is 1.00 bits per heavy atom. The second kappa shape index (κ2) is 5.79. The van der Waals surface area contributed by atoms with E-state index < -0.39 is 0 Å². The van der Waals surface area contributed by atoms with Crippen LogP contribution < -0.4 is 11.1 Å². The molecule has 2 aromatic rings. The molecule has 0 saturated heterocycles. The molecule has 1 N–H and O–H groups in total. The average molecular weight is 300 g/mol. The number of carbonyl (C=O) groups excluding carboxylic acids is 1. The number of hydrogen-bond donors (Lipinski definition) is 1. The normalized spacial score (nSPS) is 17.9. The Labute approximate surface area is 128 Å². The van der Waals surface area contributed by atoms with Crippen LogP contribution in [-0.4, -0.2) is 20.6 Å². The van der Waals surface area contributed by atoms with Gasteiger partial charge in [-0.25, -0.2) is 4.79 Å². The highest BCUT2D eigenvalue weighted by atomic mass is 16.1. The van der Waals surface area contributed by atoms with Crippen molar-refractivity contribution in [2.75, 3.05) is 5.43 Å². The fraction of sp³-hybridized carbons (Fsp3) is 0.438. The second-order valence-electron chi connectivity index (χ2n) is 5.76. The van der Waals surface area contributed by atoms with E-state index in [-0.39, 0.29) is 11.5 Å². The van der Waals surface area contributed by atoms with Crippen molar-refractivity contribution in [2.45, 2.75) is 32.1 Å². The molecule has 1 aliphatic rings. The number of aryl methyl sites for hydroxylation is 2. The van der Waals surface area contributed by atoms with Crippen molar-refractivity contribution in [3.63, 3.8) is 0 Å². The molecule has 0 bridgehead atoms. The zero-order valence-corrected chi connectivity index (χ0v) is 12.9. The average Bonchev–Trinajstić information content (AvgIpc) is 2.69. The molecule has 1 heterocycles. The molecule has 1 aliphatic carbocycles. The summed E-state index contributed by atoms with van der Waals surface area (Å²) in [5.41, 5.74) is 6.02. The van der Waals surface area contributed by atoms with Gasteiger partial charge in [-0.15, -0.1) is 0 Å². The molecule has 22 heavy (non-hydrogen) atoms. The Morgan fingerprint density at radius 3 is 2.55 bits per heavy atom. The molecular weight excluding hydrogens is 280 g/mol. The van der Waals surface area contributed by atoms with Crippen LogP contribution in [0.1, 0.15) is 32.1 Å². The zero-order chi connectivity index (χ0) is 15.7. The van der Waals surface area contributed by atoms with Gasteiger partial charge in [0.1, 0.15) is 5.71 Å². The van der Waals surface area contributed by atoms with E-state index in [1.54, 1.807) is 23.2 Å². The third-order valence-corrected chi connectivity index (χ3v) is 4.23. The number of hydrogen-bond acceptors (Lipinski definition) is 4. The van der Waals surface area contributed by atoms with Gasteiger partial charge in [-0.1, -0.05) is 6.42 Å². The first-order chi connectivity index (χ1) is 10.6. The number of carbonyl (C=O) groups is 1. The summed E-state index contributed by atoms with van der Waals surface area (Å²) in [5.74, 6) is 0.137. The summed E-state index contributed by atoms with van der Waals surface area (Å²) in [6.45, 7) is 0. The Balaban J connectivity index is 1.89. The van der Waals surface area contributed by atoms with E-state index in [0.29, 0.717) is 12.1 Å². The number of aromatic nitrogens is 2. The molecule has 0 atom stereocenters. The van der Waals surface area contributed by atoms with Gasteiger partial charge in [0.2, 0.25) is 0 Å². The summed E-state index contributed by atoms with van der Waals surface area (Å²) in [5, 5.41) is 4.28. The Bertz CT molecular complexity index is 813. The molecule has 1 fully saturated rings. The number of nitrogens with zero attached hydrogens (tertiary/aromatic N) is 3. The molecule has 3 rings (SSSR count). The molecule has 1 aromatic carbocycles. The van der Waals surface area contributed by atoms with Crippen LogP contribution >= 0.6 is 0 Å². The maximum atomic E-state index is 11.9. The third-order valence-electron chi connectivity index (χ3n) is 4.23. The van der Waals surface area contributed by atoms with E-state index in [9.17, 15) is 9.59 Å². The molecule has 0 amide bonds. The van der Waals surface area contributed by atoms with E-state index in [4.69, 9.17) is 0 Å². The van der Waals surface area contributed by atoms with E-state index in [1.807, 2.05) is 18.2 Å². The standard InChI is InChI=1S/C16H20N4O2/c1-19-13-9-8-11(10-14(13)20(2)16(19)22)17-18-12-6-4-3-5-7-15(12)21/h8-10,17H,3-7H2,1-2H3/b18-12+. The lowest BCUT2D eigenvalue weighted by Gasteiger charge is -2.05. The molecule has 0 aliphatic heterocycles. The minimum atomic E-state index is -0.0580. The van der Waals surface area contributed by atoms with Gasteiger partial charge in [0, 0.05) is 20.5 Å². The van der Waals surface area contributed by atoms with Crippen molar-refractivity contribution < 1.29 is 4.79 Å². The van der Waals surface area contributed by atoms with Crippen LogP contribution in [0.25, 0.3) is 11.0 Å². The zero-order valence-electron chi connectivity index (χ0n) is 12.9. The van der Waals surface area contributed by atoms with Gasteiger partial charge in [-0.05, 0) is 37.5 Å². The highest BCUT2D eigenvalue weighted by Crippen LogP contribution is 2.18. The van der Waals surface area contributed by atoms with Gasteiger partial charge in [0.15, 0.2) is 5.78 Å². The number of rotatable bonds is 2. The fourth-order valence-corrected chi connectivity index (χ4v) is 2.87. The first-order valence-corrected chi connectivity index (χ1v) is 7.59. The monoisotopic (exact) mass is 300 g/mol. The van der Waals surface area contributed by atoms with Gasteiger partial charge < -0.3 is 0 Å². The first-order valence-electron chi connectivity index (χ1n) is 7.59. The van der Waals surface area contributed by atoms with Crippen LogP contribution in [0.4, 0.5) is 5.69 Å². The largest absolute Gasteiger partial charge is 0.328 e. The molecule has 0 spiro atoms. The second-order valence-corrected chi connectivity index (χ2v) is 5.76. The predicted molar refractivity (Wildman–Crippen MR) is 87.3 cm³/mol. The number of imidazole rings is 1. The van der Waals surface area contributed by atoms with E-state index in [1.165, 1.54) is 0 Å². The Hall–Kier alpha value is -2.37. The van der Waals surface area contributed by atoms with Gasteiger partial charge in [0.25, 0.3) is 0 Å². The van der Waals surface area contributed by atoms with Crippen molar-refractivity contribution in [3.8, 4) is 0 Å². The molecule has 0 unspecified atom stereocenters. The fourth-order valence-electron chi connectivity index (χ4n) is 2.87. The molecular formula is C16H20N4O2. The van der Waals surface area contributed by atoms with Crippen LogP contribution in [0.5, 0.6) is 0 Å². The first kappa shape index (κ1) is 14.6. The number of hydrazone groups is 1. The predicted octanol–water partition coefficient (Wildman–Crippen LogP) is 2.18. The molecule has 6 heteroatoms. The molecule has 1 saturated carbocycles. The minimum Gasteiger partial charge on any atom is -0.295 e. The quantitative estimate of drug-likeness (QED) is 0.682. The molecule has 6 nitrogen and oxygen atoms in total. The van der Waals surface area contributed by atoms with Gasteiger partial charge >= 0.3 is 5.69 Å². The summed E-state index contributed by atoms with van der Waals surface area (Å²) in [7, 11) is 3.50. The highest BCUT2D eigenvalue weighted by Gasteiger charge is 2.15. The van der Waals surface area contributed by atoms with Crippen LogP contribution in [0.15, 0.2) is 28.1 Å². The SMILES string of the molecule is Cn1c(=O)n(C)c2cc(N/N=C3\CCCCCC3=O)ccc21. The van der Waals surface area contributed by atoms with Crippen LogP contribution in [0, 0.1) is 0 Å². The number of fused-ring (bicyclic) bond motifs is 1. The van der Waals surface area contributed by atoms with Crippen LogP contribution in [0.3, 0.4) is 0 Å². The van der Waals surface area contributed by atoms with Crippen molar-refractivity contribution in [1.82, 2.24) is 9.13 Å². The Morgan fingerprint density at radius 2 is 1.73 bits per heavy atom. The number of benzene rings is 1. The van der Waals surface area contributed by atoms with Gasteiger partial charge in [-0.3, -0.25) is 19.4 Å². The molecule has 1 aromatic heterocycles. The summed E-state index contributed by atoms with van der Waals surface area (Å²) in [4.78, 5) is 23.8. The van der Waals surface area contributed by atoms with Crippen molar-refractivity contribution >= 4 is 28.2 Å². The third kappa shape index (κ3) is 2.56. The van der Waals surface area contributed by atoms with Crippen LogP contribution in [-0.2, 0) is 18.9 Å². The summed E-state index contributed by atoms with van der Waals surface area (Å²) >= 11 is 0. The lowest BCUT2D eigenvalue weighted by molar-refractivity contribution is -0.113. The minimum absolute atomic E-state index is 0.0580. The molecule has 0 radical (unpaired) electrons. The van der Waals surface area contributed by atoms with E-state index in [0.717, 1.165) is 42.4 Å². The number of Topliss-reactive ketones (excluding diaryl/α,β-unsaturated/α-hetero) is 1. The maximum absolute atomic E-state index is 11.9. The van der Waals surface area contributed by atoms with Crippen molar-refractivity contribution in [3.05, 3.63) is 28.7 Å². The van der Waals surface area contributed by atoms with E-state index in [2.05, 4.69) is 10.5 Å².